The number of thiocarbonyl (C=S) groups is 1. The Morgan fingerprint density at radius 3 is 2.85 bits per heavy atom. The second kappa shape index (κ2) is 5.79. The van der Waals surface area contributed by atoms with Crippen LogP contribution in [0.4, 0.5) is 10.8 Å². The zero-order valence-corrected chi connectivity index (χ0v) is 14.0. The minimum Gasteiger partial charge on any atom is -0.389 e. The number of thiazole rings is 1. The van der Waals surface area contributed by atoms with Gasteiger partial charge in [0.05, 0.1) is 5.69 Å². The van der Waals surface area contributed by atoms with Crippen LogP contribution in [0.5, 0.6) is 0 Å². The van der Waals surface area contributed by atoms with E-state index < -0.39 is 0 Å². The average Bonchev–Trinajstić information content (AvgIpc) is 2.80. The van der Waals surface area contributed by atoms with Gasteiger partial charge in [0.1, 0.15) is 4.99 Å². The quantitative estimate of drug-likeness (QED) is 0.799. The van der Waals surface area contributed by atoms with E-state index in [1.165, 1.54) is 29.8 Å². The molecular formula is C14H14BrN3S2. The van der Waals surface area contributed by atoms with Crippen LogP contribution in [0.3, 0.4) is 0 Å². The summed E-state index contributed by atoms with van der Waals surface area (Å²) in [5, 5.41) is 4.33. The van der Waals surface area contributed by atoms with E-state index in [4.69, 9.17) is 18.0 Å². The van der Waals surface area contributed by atoms with Crippen LogP contribution in [0.25, 0.3) is 0 Å². The van der Waals surface area contributed by atoms with Gasteiger partial charge in [-0.3, -0.25) is 0 Å². The molecule has 1 aromatic carbocycles. The van der Waals surface area contributed by atoms with Gasteiger partial charge in [0.2, 0.25) is 0 Å². The fraction of sp³-hybridized carbons (Fsp3) is 0.286. The van der Waals surface area contributed by atoms with E-state index in [-0.39, 0.29) is 0 Å². The van der Waals surface area contributed by atoms with E-state index in [0.717, 1.165) is 27.3 Å². The molecular weight excluding hydrogens is 354 g/mol. The van der Waals surface area contributed by atoms with Gasteiger partial charge < -0.3 is 11.1 Å². The number of hydrogen-bond acceptors (Lipinski definition) is 4. The lowest BCUT2D eigenvalue weighted by molar-refractivity contribution is 0.683. The average molecular weight is 368 g/mol. The molecule has 3 nitrogen and oxygen atoms in total. The highest BCUT2D eigenvalue weighted by Crippen LogP contribution is 2.32. The summed E-state index contributed by atoms with van der Waals surface area (Å²) in [4.78, 5) is 6.50. The second-order valence-electron chi connectivity index (χ2n) is 4.78. The van der Waals surface area contributed by atoms with E-state index in [1.807, 2.05) is 18.2 Å². The number of rotatable bonds is 3. The first kappa shape index (κ1) is 14.0. The molecule has 1 aliphatic carbocycles. The third kappa shape index (κ3) is 2.87. The minimum absolute atomic E-state index is 0.396. The topological polar surface area (TPSA) is 50.9 Å². The number of anilines is 2. The predicted molar refractivity (Wildman–Crippen MR) is 92.1 cm³/mol. The molecule has 1 heterocycles. The Labute approximate surface area is 135 Å². The summed E-state index contributed by atoms with van der Waals surface area (Å²) in [7, 11) is 0. The minimum atomic E-state index is 0.396. The van der Waals surface area contributed by atoms with E-state index in [1.54, 1.807) is 11.3 Å². The van der Waals surface area contributed by atoms with Gasteiger partial charge in [0.15, 0.2) is 5.13 Å². The fourth-order valence-electron chi connectivity index (χ4n) is 2.32. The Balaban J connectivity index is 1.82. The molecule has 2 aromatic rings. The maximum absolute atomic E-state index is 5.65. The summed E-state index contributed by atoms with van der Waals surface area (Å²) in [6.45, 7) is 0. The van der Waals surface area contributed by atoms with Gasteiger partial charge >= 0.3 is 0 Å². The normalized spacial score (nSPS) is 13.8. The Morgan fingerprint density at radius 2 is 2.15 bits per heavy atom. The molecule has 3 rings (SSSR count). The molecule has 20 heavy (non-hydrogen) atoms. The van der Waals surface area contributed by atoms with Crippen molar-refractivity contribution in [3.8, 4) is 0 Å². The summed E-state index contributed by atoms with van der Waals surface area (Å²) in [6.07, 6.45) is 4.81. The molecule has 1 aromatic heterocycles. The summed E-state index contributed by atoms with van der Waals surface area (Å²) >= 11 is 10.3. The van der Waals surface area contributed by atoms with Crippen molar-refractivity contribution in [1.82, 2.24) is 4.98 Å². The number of benzene rings is 1. The molecule has 0 unspecified atom stereocenters. The zero-order chi connectivity index (χ0) is 14.1. The third-order valence-corrected chi connectivity index (χ3v) is 5.28. The van der Waals surface area contributed by atoms with Gasteiger partial charge in [0, 0.05) is 20.6 Å². The molecule has 104 valence electrons. The van der Waals surface area contributed by atoms with Crippen LogP contribution in [0, 0.1) is 0 Å². The zero-order valence-electron chi connectivity index (χ0n) is 10.8. The lowest BCUT2D eigenvalue weighted by Gasteiger charge is -2.06. The lowest BCUT2D eigenvalue weighted by atomic mass is 10.0. The summed E-state index contributed by atoms with van der Waals surface area (Å²) in [5.74, 6) is 0. The molecule has 0 bridgehead atoms. The molecule has 0 atom stereocenters. The predicted octanol–water partition coefficient (Wildman–Crippen LogP) is 4.16. The number of nitrogens with two attached hydrogens (primary N) is 1. The van der Waals surface area contributed by atoms with Crippen LogP contribution in [0.2, 0.25) is 0 Å². The Kier molecular flexibility index (Phi) is 4.05. The molecule has 0 saturated carbocycles. The highest BCUT2D eigenvalue weighted by Gasteiger charge is 2.15. The molecule has 0 fully saturated rings. The maximum Gasteiger partial charge on any atom is 0.187 e. The molecule has 1 aliphatic rings. The van der Waals surface area contributed by atoms with Crippen molar-refractivity contribution in [3.63, 3.8) is 0 Å². The SMILES string of the molecule is NC(=S)c1ccc(Nc2nc3c(s2)CCCC3)cc1Br. The number of nitrogens with zero attached hydrogens (tertiary/aromatic N) is 1. The van der Waals surface area contributed by atoms with E-state index in [2.05, 4.69) is 26.2 Å². The summed E-state index contributed by atoms with van der Waals surface area (Å²) < 4.78 is 0.899. The van der Waals surface area contributed by atoms with E-state index >= 15 is 0 Å². The fourth-order valence-corrected chi connectivity index (χ4v) is 4.29. The molecule has 6 heteroatoms. The molecule has 0 saturated heterocycles. The first-order valence-electron chi connectivity index (χ1n) is 6.48. The van der Waals surface area contributed by atoms with Crippen molar-refractivity contribution in [3.05, 3.63) is 38.8 Å². The summed E-state index contributed by atoms with van der Waals surface area (Å²) in [5.41, 5.74) is 8.76. The standard InChI is InChI=1S/C14H14BrN3S2/c15-10-7-8(5-6-9(10)13(16)19)17-14-18-11-3-1-2-4-12(11)20-14/h5-7H,1-4H2,(H2,16,19)(H,17,18). The van der Waals surface area contributed by atoms with Gasteiger partial charge in [-0.2, -0.15) is 0 Å². The number of aromatic nitrogens is 1. The maximum atomic E-state index is 5.65. The highest BCUT2D eigenvalue weighted by molar-refractivity contribution is 9.10. The van der Waals surface area contributed by atoms with E-state index in [9.17, 15) is 0 Å². The first-order valence-corrected chi connectivity index (χ1v) is 8.50. The van der Waals surface area contributed by atoms with Crippen LogP contribution in [0.15, 0.2) is 22.7 Å². The molecule has 0 spiro atoms. The third-order valence-electron chi connectivity index (χ3n) is 3.33. The van der Waals surface area contributed by atoms with Crippen LogP contribution < -0.4 is 11.1 Å². The Bertz CT molecular complexity index is 643. The summed E-state index contributed by atoms with van der Waals surface area (Å²) in [6, 6.07) is 5.87. The Morgan fingerprint density at radius 1 is 1.35 bits per heavy atom. The Hall–Kier alpha value is -0.980. The molecule has 0 amide bonds. The largest absolute Gasteiger partial charge is 0.389 e. The van der Waals surface area contributed by atoms with Crippen molar-refractivity contribution in [2.24, 2.45) is 5.73 Å². The van der Waals surface area contributed by atoms with Gasteiger partial charge in [-0.05, 0) is 59.8 Å². The first-order chi connectivity index (χ1) is 9.63. The number of fused-ring (bicyclic) bond motifs is 1. The van der Waals surface area contributed by atoms with Crippen molar-refractivity contribution in [2.45, 2.75) is 25.7 Å². The van der Waals surface area contributed by atoms with Gasteiger partial charge in [-0.1, -0.05) is 12.2 Å². The monoisotopic (exact) mass is 367 g/mol. The molecule has 0 aliphatic heterocycles. The van der Waals surface area contributed by atoms with Gasteiger partial charge in [0.25, 0.3) is 0 Å². The number of nitrogens with one attached hydrogen (secondary N) is 1. The number of hydrogen-bond donors (Lipinski definition) is 2. The van der Waals surface area contributed by atoms with Crippen molar-refractivity contribution < 1.29 is 0 Å². The number of aryl methyl sites for hydroxylation is 2. The van der Waals surface area contributed by atoms with E-state index in [0.29, 0.717) is 4.99 Å². The van der Waals surface area contributed by atoms with Crippen LogP contribution in [-0.2, 0) is 12.8 Å². The second-order valence-corrected chi connectivity index (χ2v) is 7.16. The molecule has 0 radical (unpaired) electrons. The molecule has 3 N–H and O–H groups in total. The highest BCUT2D eigenvalue weighted by atomic mass is 79.9. The van der Waals surface area contributed by atoms with Gasteiger partial charge in [-0.15, -0.1) is 11.3 Å². The number of halogens is 1. The van der Waals surface area contributed by atoms with Gasteiger partial charge in [-0.25, -0.2) is 4.98 Å². The smallest absolute Gasteiger partial charge is 0.187 e. The van der Waals surface area contributed by atoms with Crippen LogP contribution in [-0.4, -0.2) is 9.97 Å². The van der Waals surface area contributed by atoms with Crippen molar-refractivity contribution in [2.75, 3.05) is 5.32 Å². The van der Waals surface area contributed by atoms with Crippen LogP contribution >= 0.6 is 39.5 Å². The van der Waals surface area contributed by atoms with Crippen molar-refractivity contribution in [1.29, 1.82) is 0 Å². The lowest BCUT2D eigenvalue weighted by Crippen LogP contribution is -2.10. The van der Waals surface area contributed by atoms with Crippen molar-refractivity contribution >= 4 is 55.3 Å². The van der Waals surface area contributed by atoms with Crippen LogP contribution in [0.1, 0.15) is 29.0 Å².